The Balaban J connectivity index is 2.10. The highest BCUT2D eigenvalue weighted by Crippen LogP contribution is 2.32. The first-order chi connectivity index (χ1) is 9.16. The fourth-order valence-corrected chi connectivity index (χ4v) is 2.68. The van der Waals surface area contributed by atoms with Gasteiger partial charge in [0.25, 0.3) is 0 Å². The number of hydrogen-bond acceptors (Lipinski definition) is 3. The summed E-state index contributed by atoms with van der Waals surface area (Å²) in [6.45, 7) is 0. The van der Waals surface area contributed by atoms with Crippen molar-refractivity contribution in [2.45, 2.75) is 6.04 Å². The molecule has 0 aliphatic heterocycles. The zero-order chi connectivity index (χ0) is 13.4. The zero-order valence-electron chi connectivity index (χ0n) is 9.81. The molecule has 0 radical (unpaired) electrons. The van der Waals surface area contributed by atoms with Crippen LogP contribution in [0.25, 0.3) is 11.0 Å². The molecule has 0 spiro atoms. The van der Waals surface area contributed by atoms with Crippen molar-refractivity contribution in [2.24, 2.45) is 5.73 Å². The van der Waals surface area contributed by atoms with Gasteiger partial charge >= 0.3 is 0 Å². The quantitative estimate of drug-likeness (QED) is 0.759. The summed E-state index contributed by atoms with van der Waals surface area (Å²) in [7, 11) is 0. The third-order valence-corrected chi connectivity index (χ3v) is 3.87. The summed E-state index contributed by atoms with van der Waals surface area (Å²) in [6, 6.07) is 10.8. The summed E-state index contributed by atoms with van der Waals surface area (Å²) >= 11 is 9.54. The fraction of sp³-hybridized carbons (Fsp3) is 0.0714. The lowest BCUT2D eigenvalue weighted by atomic mass is 10.1. The van der Waals surface area contributed by atoms with Crippen LogP contribution in [0.1, 0.15) is 17.5 Å². The van der Waals surface area contributed by atoms with Crippen LogP contribution in [0.3, 0.4) is 0 Å². The molecular formula is C14H10BrClN2O. The Morgan fingerprint density at radius 3 is 2.84 bits per heavy atom. The number of furan rings is 1. The molecule has 2 N–H and O–H groups in total. The number of pyridine rings is 1. The molecule has 1 unspecified atom stereocenters. The van der Waals surface area contributed by atoms with Crippen molar-refractivity contribution in [3.8, 4) is 0 Å². The van der Waals surface area contributed by atoms with Gasteiger partial charge in [0.05, 0.1) is 10.7 Å². The second kappa shape index (κ2) is 4.96. The summed E-state index contributed by atoms with van der Waals surface area (Å²) in [4.78, 5) is 4.28. The molecule has 1 atom stereocenters. The van der Waals surface area contributed by atoms with E-state index < -0.39 is 6.04 Å². The molecule has 96 valence electrons. The Morgan fingerprint density at radius 1 is 1.26 bits per heavy atom. The average Bonchev–Trinajstić information content (AvgIpc) is 2.84. The summed E-state index contributed by atoms with van der Waals surface area (Å²) in [5, 5.41) is 1.51. The molecule has 0 bridgehead atoms. The molecule has 0 saturated heterocycles. The second-order valence-electron chi connectivity index (χ2n) is 4.16. The van der Waals surface area contributed by atoms with Crippen LogP contribution in [0, 0.1) is 0 Å². The minimum atomic E-state index is -0.431. The molecule has 0 aliphatic rings. The van der Waals surface area contributed by atoms with Gasteiger partial charge in [-0.1, -0.05) is 23.7 Å². The van der Waals surface area contributed by atoms with Crippen LogP contribution in [-0.4, -0.2) is 4.98 Å². The van der Waals surface area contributed by atoms with Crippen LogP contribution in [0.5, 0.6) is 0 Å². The molecule has 0 fully saturated rings. The normalized spacial score (nSPS) is 12.8. The highest BCUT2D eigenvalue weighted by atomic mass is 79.9. The molecule has 0 amide bonds. The lowest BCUT2D eigenvalue weighted by molar-refractivity contribution is 0.520. The minimum absolute atomic E-state index is 0.431. The Labute approximate surface area is 123 Å². The fourth-order valence-electron chi connectivity index (χ4n) is 1.96. The number of benzene rings is 1. The summed E-state index contributed by atoms with van der Waals surface area (Å²) in [6.07, 6.45) is 1.70. The van der Waals surface area contributed by atoms with Gasteiger partial charge in [0.1, 0.15) is 11.8 Å². The standard InChI is InChI=1S/C14H10BrClN2O/c15-9-4-2-6-18-13(9)12(17)11-7-8-3-1-5-10(16)14(8)19-11/h1-7,12H,17H2. The van der Waals surface area contributed by atoms with E-state index in [4.69, 9.17) is 21.8 Å². The minimum Gasteiger partial charge on any atom is -0.457 e. The van der Waals surface area contributed by atoms with Crippen LogP contribution in [0.15, 0.2) is 51.5 Å². The number of aromatic nitrogens is 1. The number of nitrogens with two attached hydrogens (primary N) is 1. The number of hydrogen-bond donors (Lipinski definition) is 1. The summed E-state index contributed by atoms with van der Waals surface area (Å²) < 4.78 is 6.61. The lowest BCUT2D eigenvalue weighted by Gasteiger charge is -2.09. The predicted molar refractivity (Wildman–Crippen MR) is 79.2 cm³/mol. The van der Waals surface area contributed by atoms with Gasteiger partial charge in [-0.05, 0) is 40.2 Å². The molecule has 5 heteroatoms. The molecule has 3 rings (SSSR count). The predicted octanol–water partition coefficient (Wildman–Crippen LogP) is 4.29. The monoisotopic (exact) mass is 336 g/mol. The number of fused-ring (bicyclic) bond motifs is 1. The van der Waals surface area contributed by atoms with E-state index in [1.807, 2.05) is 30.3 Å². The molecule has 2 heterocycles. The molecule has 0 saturated carbocycles. The maximum atomic E-state index is 6.20. The maximum absolute atomic E-state index is 6.20. The maximum Gasteiger partial charge on any atom is 0.152 e. The first kappa shape index (κ1) is 12.7. The van der Waals surface area contributed by atoms with Crippen molar-refractivity contribution in [1.82, 2.24) is 4.98 Å². The van der Waals surface area contributed by atoms with E-state index in [0.717, 1.165) is 15.6 Å². The van der Waals surface area contributed by atoms with Gasteiger partial charge < -0.3 is 10.2 Å². The van der Waals surface area contributed by atoms with E-state index in [1.165, 1.54) is 0 Å². The first-order valence-electron chi connectivity index (χ1n) is 5.71. The molecule has 2 aromatic heterocycles. The van der Waals surface area contributed by atoms with Crippen molar-refractivity contribution in [3.05, 3.63) is 63.5 Å². The molecule has 1 aromatic carbocycles. The largest absolute Gasteiger partial charge is 0.457 e. The smallest absolute Gasteiger partial charge is 0.152 e. The summed E-state index contributed by atoms with van der Waals surface area (Å²) in [5.41, 5.74) is 7.59. The van der Waals surface area contributed by atoms with Crippen LogP contribution < -0.4 is 5.73 Å². The van der Waals surface area contributed by atoms with Crippen molar-refractivity contribution >= 4 is 38.5 Å². The van der Waals surface area contributed by atoms with Gasteiger partial charge in [-0.25, -0.2) is 0 Å². The van der Waals surface area contributed by atoms with E-state index in [1.54, 1.807) is 12.3 Å². The third-order valence-electron chi connectivity index (χ3n) is 2.90. The number of nitrogens with zero attached hydrogens (tertiary/aromatic N) is 1. The zero-order valence-corrected chi connectivity index (χ0v) is 12.1. The van der Waals surface area contributed by atoms with Gasteiger partial charge in [-0.3, -0.25) is 4.98 Å². The van der Waals surface area contributed by atoms with Gasteiger partial charge in [-0.15, -0.1) is 0 Å². The number of rotatable bonds is 2. The topological polar surface area (TPSA) is 52.0 Å². The van der Waals surface area contributed by atoms with Gasteiger partial charge in [0.2, 0.25) is 0 Å². The van der Waals surface area contributed by atoms with E-state index in [-0.39, 0.29) is 0 Å². The van der Waals surface area contributed by atoms with Crippen LogP contribution in [0.4, 0.5) is 0 Å². The van der Waals surface area contributed by atoms with Gasteiger partial charge in [-0.2, -0.15) is 0 Å². The molecule has 3 nitrogen and oxygen atoms in total. The van der Waals surface area contributed by atoms with Crippen LogP contribution in [0.2, 0.25) is 5.02 Å². The molecule has 19 heavy (non-hydrogen) atoms. The highest BCUT2D eigenvalue weighted by Gasteiger charge is 2.18. The Kier molecular flexibility index (Phi) is 3.31. The van der Waals surface area contributed by atoms with E-state index in [9.17, 15) is 0 Å². The van der Waals surface area contributed by atoms with Crippen LogP contribution in [-0.2, 0) is 0 Å². The van der Waals surface area contributed by atoms with E-state index in [2.05, 4.69) is 20.9 Å². The first-order valence-corrected chi connectivity index (χ1v) is 6.88. The van der Waals surface area contributed by atoms with Gasteiger partial charge in [0.15, 0.2) is 5.58 Å². The van der Waals surface area contributed by atoms with Crippen LogP contribution >= 0.6 is 27.5 Å². The van der Waals surface area contributed by atoms with Crippen molar-refractivity contribution in [3.63, 3.8) is 0 Å². The Morgan fingerprint density at radius 2 is 2.11 bits per heavy atom. The third kappa shape index (κ3) is 2.27. The van der Waals surface area contributed by atoms with E-state index >= 15 is 0 Å². The van der Waals surface area contributed by atoms with Crippen molar-refractivity contribution < 1.29 is 4.42 Å². The average molecular weight is 338 g/mol. The Bertz CT molecular complexity index is 741. The molecule has 0 aliphatic carbocycles. The number of para-hydroxylation sites is 1. The van der Waals surface area contributed by atoms with Gasteiger partial charge in [0, 0.05) is 16.1 Å². The SMILES string of the molecule is NC(c1cc2cccc(Cl)c2o1)c1ncccc1Br. The number of halogens is 2. The summed E-state index contributed by atoms with van der Waals surface area (Å²) in [5.74, 6) is 0.641. The molecule has 3 aromatic rings. The van der Waals surface area contributed by atoms with Crippen molar-refractivity contribution in [1.29, 1.82) is 0 Å². The lowest BCUT2D eigenvalue weighted by Crippen LogP contribution is -2.13. The van der Waals surface area contributed by atoms with E-state index in [0.29, 0.717) is 16.4 Å². The molecular weight excluding hydrogens is 328 g/mol. The Hall–Kier alpha value is -1.36. The highest BCUT2D eigenvalue weighted by molar-refractivity contribution is 9.10. The second-order valence-corrected chi connectivity index (χ2v) is 5.42. The van der Waals surface area contributed by atoms with Crippen molar-refractivity contribution in [2.75, 3.05) is 0 Å².